The molecule has 3 heterocycles. The Labute approximate surface area is 123 Å². The van der Waals surface area contributed by atoms with E-state index in [0.29, 0.717) is 5.92 Å². The van der Waals surface area contributed by atoms with E-state index in [2.05, 4.69) is 33.8 Å². The average molecular weight is 282 g/mol. The van der Waals surface area contributed by atoms with Crippen LogP contribution >= 0.6 is 0 Å². The summed E-state index contributed by atoms with van der Waals surface area (Å²) in [6.07, 6.45) is 0. The van der Waals surface area contributed by atoms with E-state index in [9.17, 15) is 5.11 Å². The zero-order valence-corrected chi connectivity index (χ0v) is 11.9. The molecule has 5 heteroatoms. The van der Waals surface area contributed by atoms with Crippen molar-refractivity contribution >= 4 is 5.82 Å². The van der Waals surface area contributed by atoms with Crippen LogP contribution in [0.3, 0.4) is 0 Å². The summed E-state index contributed by atoms with van der Waals surface area (Å²) in [6.45, 7) is 5.28. The molecule has 2 aromatic rings. The number of fused-ring (bicyclic) bond motifs is 1. The van der Waals surface area contributed by atoms with Crippen molar-refractivity contribution in [3.8, 4) is 17.0 Å². The summed E-state index contributed by atoms with van der Waals surface area (Å²) < 4.78 is 0. The Morgan fingerprint density at radius 2 is 2.05 bits per heavy atom. The van der Waals surface area contributed by atoms with E-state index in [-0.39, 0.29) is 11.2 Å². The van der Waals surface area contributed by atoms with E-state index in [1.165, 1.54) is 5.56 Å². The number of anilines is 1. The van der Waals surface area contributed by atoms with Gasteiger partial charge >= 0.3 is 0 Å². The lowest BCUT2D eigenvalue weighted by Gasteiger charge is -2.40. The molecule has 5 nitrogen and oxygen atoms in total. The van der Waals surface area contributed by atoms with Crippen molar-refractivity contribution in [3.05, 3.63) is 35.9 Å². The van der Waals surface area contributed by atoms with E-state index in [1.807, 2.05) is 18.2 Å². The fourth-order valence-corrected chi connectivity index (χ4v) is 3.25. The number of phenols is 1. The molecule has 1 aromatic carbocycles. The van der Waals surface area contributed by atoms with Crippen LogP contribution in [-0.4, -0.2) is 34.9 Å². The van der Waals surface area contributed by atoms with E-state index in [0.717, 1.165) is 36.7 Å². The van der Waals surface area contributed by atoms with Gasteiger partial charge in [-0.25, -0.2) is 0 Å². The molecule has 21 heavy (non-hydrogen) atoms. The van der Waals surface area contributed by atoms with Crippen LogP contribution < -0.4 is 10.6 Å². The molecule has 0 saturated carbocycles. The smallest absolute Gasteiger partial charge is 0.152 e. The Morgan fingerprint density at radius 1 is 1.24 bits per heavy atom. The maximum absolute atomic E-state index is 10.0. The van der Waals surface area contributed by atoms with Crippen LogP contribution in [0.5, 0.6) is 5.75 Å². The molecule has 1 fully saturated rings. The van der Waals surface area contributed by atoms with Gasteiger partial charge in [0.05, 0.1) is 5.69 Å². The third-order valence-corrected chi connectivity index (χ3v) is 4.89. The van der Waals surface area contributed by atoms with Gasteiger partial charge in [0.2, 0.25) is 0 Å². The van der Waals surface area contributed by atoms with Gasteiger partial charge in [0, 0.05) is 36.2 Å². The highest BCUT2D eigenvalue weighted by Gasteiger charge is 2.44. The van der Waals surface area contributed by atoms with Crippen LogP contribution in [-0.2, 0) is 5.41 Å². The quantitative estimate of drug-likeness (QED) is 0.783. The number of para-hydroxylation sites is 1. The first-order valence-electron chi connectivity index (χ1n) is 7.29. The minimum Gasteiger partial charge on any atom is -0.507 e. The van der Waals surface area contributed by atoms with Gasteiger partial charge in [-0.05, 0) is 24.1 Å². The van der Waals surface area contributed by atoms with Gasteiger partial charge < -0.3 is 15.7 Å². The first-order valence-corrected chi connectivity index (χ1v) is 7.29. The third-order valence-electron chi connectivity index (χ3n) is 4.89. The van der Waals surface area contributed by atoms with Crippen LogP contribution in [0.15, 0.2) is 30.3 Å². The van der Waals surface area contributed by atoms with Crippen LogP contribution in [0.25, 0.3) is 11.3 Å². The van der Waals surface area contributed by atoms with Crippen molar-refractivity contribution in [3.63, 3.8) is 0 Å². The lowest BCUT2D eigenvalue weighted by Crippen LogP contribution is -2.53. The zero-order chi connectivity index (χ0) is 14.4. The van der Waals surface area contributed by atoms with Gasteiger partial charge in [-0.3, -0.25) is 0 Å². The van der Waals surface area contributed by atoms with Crippen molar-refractivity contribution in [1.29, 1.82) is 0 Å². The first-order chi connectivity index (χ1) is 10.2. The van der Waals surface area contributed by atoms with Gasteiger partial charge in [0.15, 0.2) is 5.82 Å². The van der Waals surface area contributed by atoms with Gasteiger partial charge in [-0.2, -0.15) is 0 Å². The second kappa shape index (κ2) is 4.43. The predicted octanol–water partition coefficient (Wildman–Crippen LogP) is 1.75. The largest absolute Gasteiger partial charge is 0.507 e. The molecule has 1 aromatic heterocycles. The zero-order valence-electron chi connectivity index (χ0n) is 11.9. The second-order valence-corrected chi connectivity index (χ2v) is 6.14. The topological polar surface area (TPSA) is 70.1 Å². The van der Waals surface area contributed by atoms with Gasteiger partial charge in [-0.15, -0.1) is 10.2 Å². The average Bonchev–Trinajstić information content (AvgIpc) is 2.75. The minimum absolute atomic E-state index is 0.0790. The highest BCUT2D eigenvalue weighted by molar-refractivity contribution is 5.69. The van der Waals surface area contributed by atoms with Gasteiger partial charge in [0.25, 0.3) is 0 Å². The number of rotatable bonds is 2. The third kappa shape index (κ3) is 1.81. The van der Waals surface area contributed by atoms with Crippen molar-refractivity contribution < 1.29 is 5.11 Å². The normalized spacial score (nSPS) is 24.2. The van der Waals surface area contributed by atoms with Crippen molar-refractivity contribution in [2.45, 2.75) is 12.3 Å². The summed E-state index contributed by atoms with van der Waals surface area (Å²) in [5.41, 5.74) is 2.75. The molecule has 1 atom stereocenters. The van der Waals surface area contributed by atoms with E-state index in [4.69, 9.17) is 0 Å². The highest BCUT2D eigenvalue weighted by atomic mass is 16.3. The maximum atomic E-state index is 10.0. The Balaban J connectivity index is 1.81. The molecule has 4 rings (SSSR count). The number of aromatic hydroxyl groups is 1. The number of nitrogens with one attached hydrogen (secondary N) is 2. The summed E-state index contributed by atoms with van der Waals surface area (Å²) in [6, 6.07) is 9.34. The van der Waals surface area contributed by atoms with Gasteiger partial charge in [-0.1, -0.05) is 19.1 Å². The minimum atomic E-state index is 0.0790. The Kier molecular flexibility index (Phi) is 2.65. The molecule has 0 radical (unpaired) electrons. The fourth-order valence-electron chi connectivity index (χ4n) is 3.25. The molecule has 0 spiro atoms. The molecule has 108 valence electrons. The van der Waals surface area contributed by atoms with E-state index in [1.54, 1.807) is 6.07 Å². The van der Waals surface area contributed by atoms with Crippen molar-refractivity contribution in [2.75, 3.05) is 25.0 Å². The lowest BCUT2D eigenvalue weighted by atomic mass is 9.70. The Bertz CT molecular complexity index is 698. The van der Waals surface area contributed by atoms with Crippen LogP contribution in [0.4, 0.5) is 5.82 Å². The molecule has 0 aliphatic carbocycles. The Hall–Kier alpha value is -2.14. The SMILES string of the molecule is CC1(C2CNC2)CNc2nnc(-c3ccccc3O)cc21. The number of phenolic OH excluding ortho intramolecular Hbond substituents is 1. The molecular weight excluding hydrogens is 264 g/mol. The Morgan fingerprint density at radius 3 is 2.76 bits per heavy atom. The molecule has 0 amide bonds. The highest BCUT2D eigenvalue weighted by Crippen LogP contribution is 2.43. The monoisotopic (exact) mass is 282 g/mol. The van der Waals surface area contributed by atoms with Crippen molar-refractivity contribution in [1.82, 2.24) is 15.5 Å². The lowest BCUT2D eigenvalue weighted by molar-refractivity contribution is 0.221. The molecular formula is C16H18N4O. The summed E-state index contributed by atoms with van der Waals surface area (Å²) >= 11 is 0. The number of hydrogen-bond acceptors (Lipinski definition) is 5. The first kappa shape index (κ1) is 12.6. The summed E-state index contributed by atoms with van der Waals surface area (Å²) in [4.78, 5) is 0. The summed E-state index contributed by atoms with van der Waals surface area (Å²) in [5.74, 6) is 1.74. The maximum Gasteiger partial charge on any atom is 0.152 e. The molecule has 1 saturated heterocycles. The summed E-state index contributed by atoms with van der Waals surface area (Å²) in [5, 5.41) is 25.3. The molecule has 0 bridgehead atoms. The fraction of sp³-hybridized carbons (Fsp3) is 0.375. The number of aromatic nitrogens is 2. The van der Waals surface area contributed by atoms with Crippen LogP contribution in [0, 0.1) is 5.92 Å². The molecule has 3 N–H and O–H groups in total. The number of nitrogens with zero attached hydrogens (tertiary/aromatic N) is 2. The molecule has 2 aliphatic heterocycles. The predicted molar refractivity (Wildman–Crippen MR) is 81.3 cm³/mol. The summed E-state index contributed by atoms with van der Waals surface area (Å²) in [7, 11) is 0. The van der Waals surface area contributed by atoms with Crippen LogP contribution in [0.2, 0.25) is 0 Å². The van der Waals surface area contributed by atoms with Gasteiger partial charge in [0.1, 0.15) is 5.75 Å². The standard InChI is InChI=1S/C16H18N4O/c1-16(10-7-17-8-10)9-18-15-12(16)6-13(19-20-15)11-4-2-3-5-14(11)21/h2-6,10,17,21H,7-9H2,1H3,(H,18,20). The van der Waals surface area contributed by atoms with Crippen molar-refractivity contribution in [2.24, 2.45) is 5.92 Å². The second-order valence-electron chi connectivity index (χ2n) is 6.14. The molecule has 2 aliphatic rings. The van der Waals surface area contributed by atoms with E-state index < -0.39 is 0 Å². The van der Waals surface area contributed by atoms with E-state index >= 15 is 0 Å². The van der Waals surface area contributed by atoms with Crippen LogP contribution in [0.1, 0.15) is 12.5 Å². The number of hydrogen-bond donors (Lipinski definition) is 3. The number of benzene rings is 1. The molecule has 1 unspecified atom stereocenters.